The fourth-order valence-electron chi connectivity index (χ4n) is 10.2. The van der Waals surface area contributed by atoms with E-state index in [-0.39, 0.29) is 96.2 Å². The second-order valence-electron chi connectivity index (χ2n) is 20.8. The second-order valence-corrected chi connectivity index (χ2v) is 32.8. The number of nitrogens with two attached hydrogens (primary N) is 2. The maximum Gasteiger partial charge on any atom is 0.261 e. The van der Waals surface area contributed by atoms with Crippen molar-refractivity contribution >= 4 is 69.2 Å². The molecule has 0 unspecified atom stereocenters. The average molecular weight is 1040 g/mol. The molecule has 4 aromatic rings. The number of amides is 2. The number of benzene rings is 4. The maximum atomic E-state index is 12.9. The van der Waals surface area contributed by atoms with E-state index >= 15 is 0 Å². The standard InChI is InChI=1S/2C26H38N2O5SSi/c2*1-26(2,3)35(21-10-6-4-7-11-21,22-12-8-5-9-13-22)33-24(23-15-14-20(23)19-29)18-25(30)28-16-17-34(27,31)32/h2*4-13,20,23-24,29H,14-19H2,1-3H3,(H,28,30)(H2,27,31,32)/t20-,23+,24+;20-,23+,24-/m00/s1. The number of primary sulfonamides is 2. The Labute approximate surface area is 418 Å². The number of aliphatic hydroxyl groups excluding tert-OH is 2. The minimum Gasteiger partial charge on any atom is -0.404 e. The third-order valence-corrected chi connectivity index (χ3v) is 25.7. The first-order valence-corrected chi connectivity index (χ1v) is 31.5. The van der Waals surface area contributed by atoms with Crippen LogP contribution in [0, 0.1) is 23.7 Å². The van der Waals surface area contributed by atoms with Crippen molar-refractivity contribution in [1.29, 1.82) is 0 Å². The van der Waals surface area contributed by atoms with E-state index in [4.69, 9.17) is 19.1 Å². The fourth-order valence-corrected chi connectivity index (χ4v) is 20.4. The Morgan fingerprint density at radius 2 is 0.814 bits per heavy atom. The van der Waals surface area contributed by atoms with Gasteiger partial charge in [0.15, 0.2) is 0 Å². The summed E-state index contributed by atoms with van der Waals surface area (Å²) in [7, 11) is -13.1. The van der Waals surface area contributed by atoms with E-state index in [9.17, 15) is 36.6 Å². The summed E-state index contributed by atoms with van der Waals surface area (Å²) in [6.07, 6.45) is 2.90. The molecule has 8 N–H and O–H groups in total. The molecule has 0 saturated heterocycles. The van der Waals surface area contributed by atoms with Crippen LogP contribution >= 0.6 is 0 Å². The quantitative estimate of drug-likeness (QED) is 0.0627. The number of carbonyl (C=O) groups excluding carboxylic acids is 2. The van der Waals surface area contributed by atoms with Crippen molar-refractivity contribution in [2.24, 2.45) is 33.9 Å². The SMILES string of the molecule is CC(C)(C)[Si](O[C@@H](CC(=O)NCCS(N)(=O)=O)[C@@H]1CC[C@H]1CO)(c1ccccc1)c1ccccc1.CC(C)(C)[Si](O[C@H](CC(=O)NCCS(N)(=O)=O)[C@@H]1CC[C@H]1CO)(c1ccccc1)c1ccccc1. The van der Waals surface area contributed by atoms with E-state index in [0.717, 1.165) is 46.4 Å². The van der Waals surface area contributed by atoms with Gasteiger partial charge >= 0.3 is 0 Å². The van der Waals surface area contributed by atoms with Gasteiger partial charge in [-0.3, -0.25) is 9.59 Å². The summed E-state index contributed by atoms with van der Waals surface area (Å²) < 4.78 is 59.6. The molecule has 14 nitrogen and oxygen atoms in total. The van der Waals surface area contributed by atoms with Crippen LogP contribution in [0.3, 0.4) is 0 Å². The van der Waals surface area contributed by atoms with Crippen molar-refractivity contribution in [3.63, 3.8) is 0 Å². The molecule has 2 saturated carbocycles. The molecule has 384 valence electrons. The number of sulfonamides is 2. The second kappa shape index (κ2) is 24.6. The lowest BCUT2D eigenvalue weighted by atomic mass is 9.70. The van der Waals surface area contributed by atoms with Crippen LogP contribution in [0.2, 0.25) is 10.1 Å². The van der Waals surface area contributed by atoms with Gasteiger partial charge < -0.3 is 29.7 Å². The van der Waals surface area contributed by atoms with Crippen LogP contribution in [0.25, 0.3) is 0 Å². The first-order chi connectivity index (χ1) is 33.0. The topological polar surface area (TPSA) is 237 Å². The van der Waals surface area contributed by atoms with Crippen molar-refractivity contribution in [3.8, 4) is 0 Å². The minimum absolute atomic E-state index is 0.0440. The smallest absolute Gasteiger partial charge is 0.261 e. The van der Waals surface area contributed by atoms with Gasteiger partial charge in [0.25, 0.3) is 16.6 Å². The molecule has 0 radical (unpaired) electrons. The van der Waals surface area contributed by atoms with Crippen molar-refractivity contribution in [3.05, 3.63) is 121 Å². The van der Waals surface area contributed by atoms with Gasteiger partial charge in [0.1, 0.15) is 0 Å². The molecule has 2 amide bonds. The molecule has 0 heterocycles. The molecule has 0 spiro atoms. The largest absolute Gasteiger partial charge is 0.404 e. The number of aliphatic hydroxyl groups is 2. The molecular weight excluding hydrogens is 961 g/mol. The zero-order valence-electron chi connectivity index (χ0n) is 41.6. The summed E-state index contributed by atoms with van der Waals surface area (Å²) in [4.78, 5) is 25.8. The highest BCUT2D eigenvalue weighted by atomic mass is 32.2. The monoisotopic (exact) mass is 1040 g/mol. The first kappa shape index (κ1) is 56.8. The summed E-state index contributed by atoms with van der Waals surface area (Å²) in [5.74, 6) is -0.939. The summed E-state index contributed by atoms with van der Waals surface area (Å²) in [6.45, 7) is 13.1. The first-order valence-electron chi connectivity index (χ1n) is 24.3. The Balaban J connectivity index is 0.000000261. The molecule has 0 aromatic heterocycles. The lowest BCUT2D eigenvalue weighted by molar-refractivity contribution is -0.125. The number of hydrogen-bond acceptors (Lipinski definition) is 10. The van der Waals surface area contributed by atoms with Crippen LogP contribution < -0.4 is 41.7 Å². The molecule has 4 aromatic carbocycles. The van der Waals surface area contributed by atoms with Crippen LogP contribution in [-0.4, -0.2) is 106 Å². The van der Waals surface area contributed by atoms with Crippen LogP contribution in [0.1, 0.15) is 80.1 Å². The van der Waals surface area contributed by atoms with Gasteiger partial charge in [-0.2, -0.15) is 0 Å². The predicted molar refractivity (Wildman–Crippen MR) is 283 cm³/mol. The molecule has 18 heteroatoms. The number of nitrogens with one attached hydrogen (secondary N) is 2. The Morgan fingerprint density at radius 1 is 0.543 bits per heavy atom. The van der Waals surface area contributed by atoms with Crippen LogP contribution in [-0.2, 0) is 38.5 Å². The van der Waals surface area contributed by atoms with E-state index in [0.29, 0.717) is 0 Å². The summed E-state index contributed by atoms with van der Waals surface area (Å²) >= 11 is 0. The van der Waals surface area contributed by atoms with E-state index < -0.39 is 48.9 Å². The van der Waals surface area contributed by atoms with Crippen LogP contribution in [0.4, 0.5) is 0 Å². The molecule has 2 fully saturated rings. The van der Waals surface area contributed by atoms with E-state index in [1.807, 2.05) is 72.8 Å². The third-order valence-electron chi connectivity index (χ3n) is 14.1. The minimum atomic E-state index is -3.66. The van der Waals surface area contributed by atoms with Gasteiger partial charge in [-0.15, -0.1) is 0 Å². The molecule has 6 rings (SSSR count). The summed E-state index contributed by atoms with van der Waals surface area (Å²) in [5.41, 5.74) is 0. The van der Waals surface area contributed by atoms with Crippen LogP contribution in [0.5, 0.6) is 0 Å². The van der Waals surface area contributed by atoms with Gasteiger partial charge in [0.2, 0.25) is 31.9 Å². The molecule has 6 atom stereocenters. The highest BCUT2D eigenvalue weighted by Crippen LogP contribution is 2.45. The van der Waals surface area contributed by atoms with Crippen molar-refractivity contribution in [2.75, 3.05) is 37.8 Å². The lowest BCUT2D eigenvalue weighted by Gasteiger charge is -2.49. The maximum absolute atomic E-state index is 12.9. The zero-order valence-corrected chi connectivity index (χ0v) is 45.3. The highest BCUT2D eigenvalue weighted by molar-refractivity contribution is 7.89. The molecular formula is C52H76N4O10S2Si2. The van der Waals surface area contributed by atoms with E-state index in [1.165, 1.54) is 0 Å². The molecule has 0 bridgehead atoms. The summed E-state index contributed by atoms with van der Waals surface area (Å²) in [6, 6.07) is 41.0. The Kier molecular flexibility index (Phi) is 19.9. The zero-order chi connectivity index (χ0) is 51.4. The number of hydrogen-bond donors (Lipinski definition) is 6. The van der Waals surface area contributed by atoms with Gasteiger partial charge in [-0.05, 0) is 80.2 Å². The van der Waals surface area contributed by atoms with Crippen molar-refractivity contribution < 1.29 is 45.5 Å². The molecule has 2 aliphatic rings. The average Bonchev–Trinajstić information content (AvgIpc) is 3.26. The molecule has 70 heavy (non-hydrogen) atoms. The highest BCUT2D eigenvalue weighted by Gasteiger charge is 2.55. The number of rotatable bonds is 22. The Hall–Kier alpha value is -4.09. The van der Waals surface area contributed by atoms with Crippen molar-refractivity contribution in [2.45, 2.75) is 102 Å². The van der Waals surface area contributed by atoms with E-state index in [1.54, 1.807) is 0 Å². The molecule has 2 aliphatic carbocycles. The van der Waals surface area contributed by atoms with Gasteiger partial charge in [0, 0.05) is 26.3 Å². The number of carbonyl (C=O) groups is 2. The lowest BCUT2D eigenvalue weighted by Crippen LogP contribution is -2.68. The van der Waals surface area contributed by atoms with Gasteiger partial charge in [-0.25, -0.2) is 27.1 Å². The van der Waals surface area contributed by atoms with Gasteiger partial charge in [0.05, 0.1) is 36.6 Å². The predicted octanol–water partition coefficient (Wildman–Crippen LogP) is 3.49. The van der Waals surface area contributed by atoms with E-state index in [2.05, 4.69) is 101 Å². The molecule has 0 aliphatic heterocycles. The normalized spacial score (nSPS) is 19.6. The summed E-state index contributed by atoms with van der Waals surface area (Å²) in [5, 5.41) is 39.4. The Morgan fingerprint density at radius 3 is 1.01 bits per heavy atom. The van der Waals surface area contributed by atoms with Crippen molar-refractivity contribution in [1.82, 2.24) is 10.6 Å². The third kappa shape index (κ3) is 14.5. The fraction of sp³-hybridized carbons (Fsp3) is 0.500. The van der Waals surface area contributed by atoms with Gasteiger partial charge in [-0.1, -0.05) is 163 Å². The van der Waals surface area contributed by atoms with Crippen LogP contribution in [0.15, 0.2) is 121 Å². The Bertz CT molecular complexity index is 2240.